The molecule has 2 rings (SSSR count). The fourth-order valence-corrected chi connectivity index (χ4v) is 2.50. The number of phenols is 1. The van der Waals surface area contributed by atoms with E-state index in [4.69, 9.17) is 4.74 Å². The van der Waals surface area contributed by atoms with Gasteiger partial charge in [-0.3, -0.25) is 0 Å². The molecule has 2 aromatic carbocycles. The molecule has 0 bridgehead atoms. The predicted molar refractivity (Wildman–Crippen MR) is 80.9 cm³/mol. The van der Waals surface area contributed by atoms with E-state index in [1.165, 1.54) is 12.7 Å². The summed E-state index contributed by atoms with van der Waals surface area (Å²) in [6.45, 7) is 2.70. The first kappa shape index (κ1) is 13.7. The molecule has 0 atom stereocenters. The molecule has 100 valence electrons. The summed E-state index contributed by atoms with van der Waals surface area (Å²) in [5.74, 6) is 0.647. The number of halogens is 1. The molecular formula is C15H16BrNO2. The van der Waals surface area contributed by atoms with E-state index in [0.717, 1.165) is 15.7 Å². The molecule has 0 aliphatic heterocycles. The van der Waals surface area contributed by atoms with Crippen LogP contribution in [0.25, 0.3) is 0 Å². The third-order valence-electron chi connectivity index (χ3n) is 2.78. The lowest BCUT2D eigenvalue weighted by molar-refractivity contribution is 0.373. The highest BCUT2D eigenvalue weighted by Gasteiger charge is 2.03. The van der Waals surface area contributed by atoms with E-state index in [-0.39, 0.29) is 5.75 Å². The molecule has 0 saturated carbocycles. The van der Waals surface area contributed by atoms with Gasteiger partial charge in [0.15, 0.2) is 11.5 Å². The third-order valence-corrected chi connectivity index (χ3v) is 3.24. The van der Waals surface area contributed by atoms with Gasteiger partial charge in [-0.25, -0.2) is 0 Å². The van der Waals surface area contributed by atoms with Crippen LogP contribution in [0.5, 0.6) is 11.5 Å². The molecule has 4 heteroatoms. The van der Waals surface area contributed by atoms with E-state index < -0.39 is 0 Å². The Kier molecular flexibility index (Phi) is 4.32. The van der Waals surface area contributed by atoms with Crippen molar-refractivity contribution in [2.75, 3.05) is 12.4 Å². The molecule has 0 unspecified atom stereocenters. The zero-order valence-electron chi connectivity index (χ0n) is 10.9. The number of nitrogens with one attached hydrogen (secondary N) is 1. The van der Waals surface area contributed by atoms with Crippen LogP contribution in [0.15, 0.2) is 40.9 Å². The van der Waals surface area contributed by atoms with Crippen molar-refractivity contribution in [2.45, 2.75) is 13.5 Å². The molecule has 0 heterocycles. The Morgan fingerprint density at radius 2 is 2.00 bits per heavy atom. The Morgan fingerprint density at radius 3 is 2.63 bits per heavy atom. The molecule has 0 spiro atoms. The van der Waals surface area contributed by atoms with Crippen molar-refractivity contribution in [1.82, 2.24) is 0 Å². The predicted octanol–water partition coefficient (Wildman–Crippen LogP) is 4.08. The minimum Gasteiger partial charge on any atom is -0.504 e. The van der Waals surface area contributed by atoms with Gasteiger partial charge in [-0.15, -0.1) is 0 Å². The summed E-state index contributed by atoms with van der Waals surface area (Å²) in [5.41, 5.74) is 3.23. The van der Waals surface area contributed by atoms with Gasteiger partial charge in [0.2, 0.25) is 0 Å². The van der Waals surface area contributed by atoms with Gasteiger partial charge in [-0.2, -0.15) is 0 Å². The van der Waals surface area contributed by atoms with Gasteiger partial charge in [0.1, 0.15) is 0 Å². The average molecular weight is 322 g/mol. The smallest absolute Gasteiger partial charge is 0.160 e. The summed E-state index contributed by atoms with van der Waals surface area (Å²) in [6, 6.07) is 11.6. The second-order valence-electron chi connectivity index (χ2n) is 4.38. The Bertz CT molecular complexity index is 564. The van der Waals surface area contributed by atoms with E-state index in [1.54, 1.807) is 12.1 Å². The first-order valence-electron chi connectivity index (χ1n) is 5.95. The molecule has 0 aliphatic rings. The first-order chi connectivity index (χ1) is 9.08. The number of phenolic OH excluding ortho intramolecular Hbond substituents is 1. The highest BCUT2D eigenvalue weighted by atomic mass is 79.9. The van der Waals surface area contributed by atoms with E-state index in [1.807, 2.05) is 12.1 Å². The van der Waals surface area contributed by atoms with Crippen molar-refractivity contribution >= 4 is 21.6 Å². The van der Waals surface area contributed by atoms with Gasteiger partial charge in [0.05, 0.1) is 7.11 Å². The Labute approximate surface area is 121 Å². The third kappa shape index (κ3) is 3.64. The quantitative estimate of drug-likeness (QED) is 0.891. The molecule has 19 heavy (non-hydrogen) atoms. The Hall–Kier alpha value is -1.68. The van der Waals surface area contributed by atoms with Crippen LogP contribution in [0.1, 0.15) is 11.1 Å². The summed E-state index contributed by atoms with van der Waals surface area (Å²) in [5, 5.41) is 13.0. The number of hydrogen-bond donors (Lipinski definition) is 2. The summed E-state index contributed by atoms with van der Waals surface area (Å²) >= 11 is 3.47. The molecule has 0 fully saturated rings. The van der Waals surface area contributed by atoms with E-state index >= 15 is 0 Å². The van der Waals surface area contributed by atoms with Crippen LogP contribution < -0.4 is 10.1 Å². The average Bonchev–Trinajstić information content (AvgIpc) is 2.35. The number of benzene rings is 2. The van der Waals surface area contributed by atoms with Crippen molar-refractivity contribution in [1.29, 1.82) is 0 Å². The standard InChI is InChI=1S/C15H16BrNO2/c1-10-5-12(16)8-13(6-10)17-9-11-3-4-15(19-2)14(18)7-11/h3-8,17-18H,9H2,1-2H3. The van der Waals surface area contributed by atoms with Crippen molar-refractivity contribution in [3.8, 4) is 11.5 Å². The van der Waals surface area contributed by atoms with Crippen molar-refractivity contribution < 1.29 is 9.84 Å². The maximum absolute atomic E-state index is 9.72. The number of methoxy groups -OCH3 is 1. The lowest BCUT2D eigenvalue weighted by atomic mass is 10.2. The molecule has 0 amide bonds. The lowest BCUT2D eigenvalue weighted by Crippen LogP contribution is -1.99. The van der Waals surface area contributed by atoms with E-state index in [0.29, 0.717) is 12.3 Å². The van der Waals surface area contributed by atoms with Crippen LogP contribution in [0.2, 0.25) is 0 Å². The maximum atomic E-state index is 9.72. The number of rotatable bonds is 4. The van der Waals surface area contributed by atoms with Crippen molar-refractivity contribution in [3.05, 3.63) is 52.0 Å². The molecule has 3 nitrogen and oxygen atoms in total. The zero-order valence-corrected chi connectivity index (χ0v) is 12.5. The Balaban J connectivity index is 2.08. The lowest BCUT2D eigenvalue weighted by Gasteiger charge is -2.10. The minimum atomic E-state index is 0.159. The van der Waals surface area contributed by atoms with E-state index in [2.05, 4.69) is 40.3 Å². The SMILES string of the molecule is COc1ccc(CNc2cc(C)cc(Br)c2)cc1O. The van der Waals surface area contributed by atoms with Crippen molar-refractivity contribution in [3.63, 3.8) is 0 Å². The molecule has 0 aromatic heterocycles. The molecule has 0 radical (unpaired) electrons. The fraction of sp³-hybridized carbons (Fsp3) is 0.200. The van der Waals surface area contributed by atoms with Crippen LogP contribution in [0, 0.1) is 6.92 Å². The first-order valence-corrected chi connectivity index (χ1v) is 6.75. The van der Waals surface area contributed by atoms with Gasteiger partial charge in [0, 0.05) is 16.7 Å². The minimum absolute atomic E-state index is 0.159. The molecule has 2 N–H and O–H groups in total. The van der Waals surface area contributed by atoms with Gasteiger partial charge < -0.3 is 15.2 Å². The topological polar surface area (TPSA) is 41.5 Å². The summed E-state index contributed by atoms with van der Waals surface area (Å²) < 4.78 is 6.07. The van der Waals surface area contributed by atoms with Gasteiger partial charge in [0.25, 0.3) is 0 Å². The van der Waals surface area contributed by atoms with Crippen LogP contribution in [0.4, 0.5) is 5.69 Å². The van der Waals surface area contributed by atoms with Crippen LogP contribution in [0.3, 0.4) is 0 Å². The van der Waals surface area contributed by atoms with Crippen LogP contribution in [-0.2, 0) is 6.54 Å². The fourth-order valence-electron chi connectivity index (χ4n) is 1.89. The molecule has 2 aromatic rings. The second-order valence-corrected chi connectivity index (χ2v) is 5.29. The normalized spacial score (nSPS) is 10.3. The highest BCUT2D eigenvalue weighted by Crippen LogP contribution is 2.27. The molecule has 0 saturated heterocycles. The zero-order chi connectivity index (χ0) is 13.8. The number of aromatic hydroxyl groups is 1. The molecule has 0 aliphatic carbocycles. The van der Waals surface area contributed by atoms with Gasteiger partial charge >= 0.3 is 0 Å². The monoisotopic (exact) mass is 321 g/mol. The number of anilines is 1. The largest absolute Gasteiger partial charge is 0.504 e. The highest BCUT2D eigenvalue weighted by molar-refractivity contribution is 9.10. The number of ether oxygens (including phenoxy) is 1. The second kappa shape index (κ2) is 5.97. The van der Waals surface area contributed by atoms with Gasteiger partial charge in [-0.1, -0.05) is 22.0 Å². The summed E-state index contributed by atoms with van der Waals surface area (Å²) in [6.07, 6.45) is 0. The number of aryl methyl sites for hydroxylation is 1. The van der Waals surface area contributed by atoms with Crippen LogP contribution in [-0.4, -0.2) is 12.2 Å². The van der Waals surface area contributed by atoms with Crippen molar-refractivity contribution in [2.24, 2.45) is 0 Å². The van der Waals surface area contributed by atoms with Gasteiger partial charge in [-0.05, 0) is 48.4 Å². The summed E-state index contributed by atoms with van der Waals surface area (Å²) in [4.78, 5) is 0. The van der Waals surface area contributed by atoms with Crippen LogP contribution >= 0.6 is 15.9 Å². The number of hydrogen-bond acceptors (Lipinski definition) is 3. The Morgan fingerprint density at radius 1 is 1.21 bits per heavy atom. The maximum Gasteiger partial charge on any atom is 0.160 e. The molecular weight excluding hydrogens is 306 g/mol. The van der Waals surface area contributed by atoms with E-state index in [9.17, 15) is 5.11 Å². The summed E-state index contributed by atoms with van der Waals surface area (Å²) in [7, 11) is 1.54.